The van der Waals surface area contributed by atoms with E-state index in [-0.39, 0.29) is 11.7 Å². The first-order valence-corrected chi connectivity index (χ1v) is 8.99. The van der Waals surface area contributed by atoms with Crippen LogP contribution in [0.4, 0.5) is 5.69 Å². The summed E-state index contributed by atoms with van der Waals surface area (Å²) in [5, 5.41) is 3.77. The molecular formula is C14H21ClN2O3S. The quantitative estimate of drug-likeness (QED) is 0.869. The molecule has 2 N–H and O–H groups in total. The summed E-state index contributed by atoms with van der Waals surface area (Å²) in [6, 6.07) is 3.31. The molecule has 1 aromatic rings. The molecule has 0 amide bonds. The summed E-state index contributed by atoms with van der Waals surface area (Å²) in [5.74, 6) is 0.691. The van der Waals surface area contributed by atoms with Gasteiger partial charge in [0.25, 0.3) is 0 Å². The van der Waals surface area contributed by atoms with E-state index in [1.807, 2.05) is 6.92 Å². The highest BCUT2D eigenvalue weighted by atomic mass is 35.5. The van der Waals surface area contributed by atoms with Gasteiger partial charge in [0.1, 0.15) is 5.75 Å². The normalized spacial score (nSPS) is 19.3. The van der Waals surface area contributed by atoms with Crippen LogP contribution in [0.3, 0.4) is 0 Å². The highest BCUT2D eigenvalue weighted by Crippen LogP contribution is 2.31. The number of hydrogen-bond donors (Lipinski definition) is 2. The van der Waals surface area contributed by atoms with Crippen LogP contribution in [0.25, 0.3) is 0 Å². The molecule has 21 heavy (non-hydrogen) atoms. The number of benzene rings is 1. The summed E-state index contributed by atoms with van der Waals surface area (Å²) >= 11 is 6.03. The lowest BCUT2D eigenvalue weighted by atomic mass is 10.0. The molecule has 1 aliphatic rings. The number of rotatable bonds is 5. The Morgan fingerprint density at radius 3 is 2.86 bits per heavy atom. The van der Waals surface area contributed by atoms with Crippen molar-refractivity contribution in [2.75, 3.05) is 30.7 Å². The third kappa shape index (κ3) is 4.49. The van der Waals surface area contributed by atoms with Crippen LogP contribution >= 0.6 is 11.6 Å². The van der Waals surface area contributed by atoms with Gasteiger partial charge in [-0.2, -0.15) is 0 Å². The highest BCUT2D eigenvalue weighted by molar-refractivity contribution is 7.92. The van der Waals surface area contributed by atoms with Gasteiger partial charge in [-0.1, -0.05) is 11.6 Å². The average molecular weight is 333 g/mol. The highest BCUT2D eigenvalue weighted by Gasteiger charge is 2.22. The predicted molar refractivity (Wildman–Crippen MR) is 85.7 cm³/mol. The number of nitrogens with one attached hydrogen (secondary N) is 2. The van der Waals surface area contributed by atoms with Crippen molar-refractivity contribution in [3.8, 4) is 5.75 Å². The van der Waals surface area contributed by atoms with Crippen LogP contribution in [-0.2, 0) is 10.0 Å². The summed E-state index contributed by atoms with van der Waals surface area (Å²) in [6.45, 7) is 3.54. The van der Waals surface area contributed by atoms with Crippen molar-refractivity contribution in [2.45, 2.75) is 19.8 Å². The third-order valence-corrected chi connectivity index (χ3v) is 5.45. The molecule has 0 aliphatic carbocycles. The number of methoxy groups -OCH3 is 1. The van der Waals surface area contributed by atoms with E-state index in [4.69, 9.17) is 16.3 Å². The monoisotopic (exact) mass is 332 g/mol. The van der Waals surface area contributed by atoms with Crippen molar-refractivity contribution in [3.05, 3.63) is 22.7 Å². The van der Waals surface area contributed by atoms with Gasteiger partial charge >= 0.3 is 0 Å². The lowest BCUT2D eigenvalue weighted by Crippen LogP contribution is -2.35. The molecular weight excluding hydrogens is 312 g/mol. The molecule has 0 aromatic heterocycles. The second-order valence-electron chi connectivity index (χ2n) is 5.40. The molecule has 0 saturated carbocycles. The third-order valence-electron chi connectivity index (χ3n) is 3.60. The van der Waals surface area contributed by atoms with E-state index in [0.29, 0.717) is 16.5 Å². The van der Waals surface area contributed by atoms with Gasteiger partial charge in [-0.15, -0.1) is 0 Å². The molecule has 1 aliphatic heterocycles. The lowest BCUT2D eigenvalue weighted by molar-refractivity contribution is 0.404. The van der Waals surface area contributed by atoms with Gasteiger partial charge < -0.3 is 10.1 Å². The maximum atomic E-state index is 12.3. The maximum absolute atomic E-state index is 12.3. The van der Waals surface area contributed by atoms with Gasteiger partial charge in [-0.25, -0.2) is 8.42 Å². The number of hydrogen-bond acceptors (Lipinski definition) is 4. The van der Waals surface area contributed by atoms with Gasteiger partial charge in [0.15, 0.2) is 0 Å². The Bertz CT molecular complexity index is 598. The van der Waals surface area contributed by atoms with Crippen molar-refractivity contribution < 1.29 is 13.2 Å². The Labute approximate surface area is 131 Å². The summed E-state index contributed by atoms with van der Waals surface area (Å²) < 4.78 is 32.4. The molecule has 1 aromatic carbocycles. The molecule has 5 nitrogen and oxygen atoms in total. The molecule has 1 saturated heterocycles. The summed E-state index contributed by atoms with van der Waals surface area (Å²) in [5.41, 5.74) is 1.23. The van der Waals surface area contributed by atoms with Crippen LogP contribution in [0.1, 0.15) is 18.4 Å². The molecule has 1 atom stereocenters. The topological polar surface area (TPSA) is 67.4 Å². The van der Waals surface area contributed by atoms with E-state index >= 15 is 0 Å². The van der Waals surface area contributed by atoms with Gasteiger partial charge in [-0.05, 0) is 50.4 Å². The maximum Gasteiger partial charge on any atom is 0.233 e. The van der Waals surface area contributed by atoms with Crippen LogP contribution in [0, 0.1) is 12.8 Å². The van der Waals surface area contributed by atoms with Crippen LogP contribution < -0.4 is 14.8 Å². The molecule has 0 spiro atoms. The van der Waals surface area contributed by atoms with Gasteiger partial charge in [-0.3, -0.25) is 4.72 Å². The van der Waals surface area contributed by atoms with Crippen molar-refractivity contribution in [1.29, 1.82) is 0 Å². The van der Waals surface area contributed by atoms with Gasteiger partial charge in [0.2, 0.25) is 10.0 Å². The standard InChI is InChI=1S/C14H21ClN2O3S/c1-10-6-13(14(20-2)7-12(10)15)17-21(18,19)9-11-4-3-5-16-8-11/h6-7,11,16-17H,3-5,8-9H2,1-2H3. The number of sulfonamides is 1. The minimum Gasteiger partial charge on any atom is -0.495 e. The number of halogens is 1. The molecule has 2 rings (SSSR count). The minimum atomic E-state index is -3.41. The van der Waals surface area contributed by atoms with Crippen LogP contribution in [0.15, 0.2) is 12.1 Å². The zero-order valence-corrected chi connectivity index (χ0v) is 13.9. The van der Waals surface area contributed by atoms with E-state index in [1.165, 1.54) is 7.11 Å². The van der Waals surface area contributed by atoms with Crippen molar-refractivity contribution >= 4 is 27.3 Å². The number of piperidine rings is 1. The Morgan fingerprint density at radius 1 is 1.48 bits per heavy atom. The van der Waals surface area contributed by atoms with Crippen molar-refractivity contribution in [2.24, 2.45) is 5.92 Å². The largest absolute Gasteiger partial charge is 0.495 e. The van der Waals surface area contributed by atoms with Crippen molar-refractivity contribution in [3.63, 3.8) is 0 Å². The van der Waals surface area contributed by atoms with E-state index < -0.39 is 10.0 Å². The molecule has 118 valence electrons. The Balaban J connectivity index is 2.14. The summed E-state index contributed by atoms with van der Waals surface area (Å²) in [7, 11) is -1.92. The first-order valence-electron chi connectivity index (χ1n) is 6.96. The zero-order valence-electron chi connectivity index (χ0n) is 12.3. The second-order valence-corrected chi connectivity index (χ2v) is 7.57. The van der Waals surface area contributed by atoms with E-state index in [1.54, 1.807) is 12.1 Å². The average Bonchev–Trinajstić information content (AvgIpc) is 2.42. The minimum absolute atomic E-state index is 0.116. The van der Waals surface area contributed by atoms with E-state index in [0.717, 1.165) is 31.5 Å². The second kappa shape index (κ2) is 6.85. The van der Waals surface area contributed by atoms with E-state index in [9.17, 15) is 8.42 Å². The lowest BCUT2D eigenvalue weighted by Gasteiger charge is -2.23. The predicted octanol–water partition coefficient (Wildman–Crippen LogP) is 2.40. The van der Waals surface area contributed by atoms with Gasteiger partial charge in [0.05, 0.1) is 18.6 Å². The first kappa shape index (κ1) is 16.4. The summed E-state index contributed by atoms with van der Waals surface area (Å²) in [6.07, 6.45) is 1.95. The first-order chi connectivity index (χ1) is 9.91. The zero-order chi connectivity index (χ0) is 15.5. The van der Waals surface area contributed by atoms with Crippen molar-refractivity contribution in [1.82, 2.24) is 5.32 Å². The smallest absolute Gasteiger partial charge is 0.233 e. The summed E-state index contributed by atoms with van der Waals surface area (Å²) in [4.78, 5) is 0. The molecule has 1 fully saturated rings. The number of aryl methyl sites for hydroxylation is 1. The van der Waals surface area contributed by atoms with Crippen LogP contribution in [0.2, 0.25) is 5.02 Å². The molecule has 7 heteroatoms. The number of anilines is 1. The molecule has 1 heterocycles. The molecule has 0 radical (unpaired) electrons. The van der Waals surface area contributed by atoms with E-state index in [2.05, 4.69) is 10.0 Å². The van der Waals surface area contributed by atoms with Crippen LogP contribution in [0.5, 0.6) is 5.75 Å². The fourth-order valence-electron chi connectivity index (χ4n) is 2.50. The van der Waals surface area contributed by atoms with Gasteiger partial charge in [0, 0.05) is 11.1 Å². The fraction of sp³-hybridized carbons (Fsp3) is 0.571. The van der Waals surface area contributed by atoms with Crippen LogP contribution in [-0.4, -0.2) is 34.4 Å². The molecule has 1 unspecified atom stereocenters. The Morgan fingerprint density at radius 2 is 2.24 bits per heavy atom. The Kier molecular flexibility index (Phi) is 5.35. The Hall–Kier alpha value is -0.980. The molecule has 0 bridgehead atoms. The number of ether oxygens (including phenoxy) is 1. The SMILES string of the molecule is COc1cc(Cl)c(C)cc1NS(=O)(=O)CC1CCCNC1. The fourth-order valence-corrected chi connectivity index (χ4v) is 4.13.